The maximum atomic E-state index is 11.0. The lowest BCUT2D eigenvalue weighted by molar-refractivity contribution is -0.302. The van der Waals surface area contributed by atoms with Gasteiger partial charge in [-0.1, -0.05) is 0 Å². The molecule has 130 valence electrons. The van der Waals surface area contributed by atoms with Crippen LogP contribution in [0.4, 0.5) is 0 Å². The van der Waals surface area contributed by atoms with Crippen molar-refractivity contribution in [2.75, 3.05) is 19.8 Å². The standard InChI is InChI=1S/C12H23NO9/c1-5(16)13-6(7(17)2-14)4-21-12-11(20)10(19)9(18)8(3-15)22-12/h6-12,14-15,17-20H,2-4H2,1H3,(H,13,16)/t6-,7+,8?,9-,10?,11?,12-/m0/s1. The van der Waals surface area contributed by atoms with Gasteiger partial charge in [0.25, 0.3) is 0 Å². The van der Waals surface area contributed by atoms with Gasteiger partial charge in [-0.15, -0.1) is 0 Å². The summed E-state index contributed by atoms with van der Waals surface area (Å²) < 4.78 is 10.3. The van der Waals surface area contributed by atoms with E-state index in [2.05, 4.69) is 5.32 Å². The molecule has 1 aliphatic heterocycles. The molecule has 0 bridgehead atoms. The zero-order valence-electron chi connectivity index (χ0n) is 12.1. The Morgan fingerprint density at radius 1 is 1.23 bits per heavy atom. The summed E-state index contributed by atoms with van der Waals surface area (Å²) in [5.41, 5.74) is 0. The third kappa shape index (κ3) is 4.83. The molecule has 0 aromatic heterocycles. The molecule has 0 aliphatic carbocycles. The molecule has 1 rings (SSSR count). The van der Waals surface area contributed by atoms with Crippen LogP contribution in [0.1, 0.15) is 6.92 Å². The van der Waals surface area contributed by atoms with Gasteiger partial charge in [-0.05, 0) is 0 Å². The summed E-state index contributed by atoms with van der Waals surface area (Å²) in [5.74, 6) is -0.463. The van der Waals surface area contributed by atoms with Crippen LogP contribution in [0.25, 0.3) is 0 Å². The lowest BCUT2D eigenvalue weighted by Gasteiger charge is -2.40. The zero-order chi connectivity index (χ0) is 16.9. The minimum Gasteiger partial charge on any atom is -0.394 e. The molecule has 1 heterocycles. The molecular weight excluding hydrogens is 302 g/mol. The lowest BCUT2D eigenvalue weighted by atomic mass is 9.99. The van der Waals surface area contributed by atoms with Gasteiger partial charge in [-0.3, -0.25) is 4.79 Å². The quantitative estimate of drug-likeness (QED) is 0.244. The Bertz CT molecular complexity index is 353. The highest BCUT2D eigenvalue weighted by Gasteiger charge is 2.44. The van der Waals surface area contributed by atoms with E-state index in [0.29, 0.717) is 0 Å². The molecule has 0 aromatic rings. The Labute approximate surface area is 126 Å². The molecule has 10 heteroatoms. The average Bonchev–Trinajstić information content (AvgIpc) is 2.49. The van der Waals surface area contributed by atoms with Crippen molar-refractivity contribution in [3.8, 4) is 0 Å². The summed E-state index contributed by atoms with van der Waals surface area (Å²) in [6, 6.07) is -0.963. The Morgan fingerprint density at radius 3 is 2.36 bits per heavy atom. The second-order valence-electron chi connectivity index (χ2n) is 5.09. The van der Waals surface area contributed by atoms with Gasteiger partial charge in [-0.2, -0.15) is 0 Å². The smallest absolute Gasteiger partial charge is 0.217 e. The minimum absolute atomic E-state index is 0.329. The SMILES string of the molecule is CC(=O)N[C@@H](CO[C@H]1OC(CO)[C@H](O)C(O)C1O)[C@H](O)CO. The van der Waals surface area contributed by atoms with Crippen LogP contribution < -0.4 is 5.32 Å². The highest BCUT2D eigenvalue weighted by molar-refractivity contribution is 5.73. The first-order valence-electron chi connectivity index (χ1n) is 6.80. The van der Waals surface area contributed by atoms with Crippen LogP contribution in [0.15, 0.2) is 0 Å². The first-order valence-corrected chi connectivity index (χ1v) is 6.80. The number of rotatable bonds is 7. The van der Waals surface area contributed by atoms with E-state index in [0.717, 1.165) is 0 Å². The van der Waals surface area contributed by atoms with Crippen molar-refractivity contribution < 1.29 is 44.9 Å². The zero-order valence-corrected chi connectivity index (χ0v) is 12.1. The van der Waals surface area contributed by atoms with Gasteiger partial charge in [0.1, 0.15) is 24.4 Å². The van der Waals surface area contributed by atoms with Crippen LogP contribution >= 0.6 is 0 Å². The van der Waals surface area contributed by atoms with E-state index in [1.54, 1.807) is 0 Å². The van der Waals surface area contributed by atoms with Crippen molar-refractivity contribution in [2.24, 2.45) is 0 Å². The molecule has 0 saturated carbocycles. The molecule has 3 unspecified atom stereocenters. The normalized spacial score (nSPS) is 35.0. The van der Waals surface area contributed by atoms with E-state index in [9.17, 15) is 25.2 Å². The van der Waals surface area contributed by atoms with E-state index in [1.165, 1.54) is 6.92 Å². The summed E-state index contributed by atoms with van der Waals surface area (Å²) in [6.07, 6.45) is -8.47. The van der Waals surface area contributed by atoms with E-state index < -0.39 is 62.0 Å². The summed E-state index contributed by atoms with van der Waals surface area (Å²) in [5, 5.41) is 58.9. The minimum atomic E-state index is -1.59. The molecule has 1 saturated heterocycles. The van der Waals surface area contributed by atoms with Gasteiger partial charge in [0, 0.05) is 6.92 Å². The molecule has 22 heavy (non-hydrogen) atoms. The fourth-order valence-corrected chi connectivity index (χ4v) is 2.04. The van der Waals surface area contributed by atoms with Crippen LogP contribution in [-0.4, -0.2) is 99.2 Å². The molecule has 7 atom stereocenters. The highest BCUT2D eigenvalue weighted by atomic mass is 16.7. The molecule has 0 aromatic carbocycles. The Hall–Kier alpha value is -0.850. The van der Waals surface area contributed by atoms with Gasteiger partial charge in [0.2, 0.25) is 5.91 Å². The fraction of sp³-hybridized carbons (Fsp3) is 0.917. The summed E-state index contributed by atoms with van der Waals surface area (Å²) in [4.78, 5) is 11.0. The summed E-state index contributed by atoms with van der Waals surface area (Å²) in [7, 11) is 0. The summed E-state index contributed by atoms with van der Waals surface area (Å²) >= 11 is 0. The number of hydrogen-bond acceptors (Lipinski definition) is 9. The van der Waals surface area contributed by atoms with Gasteiger partial charge in [0.05, 0.1) is 32.0 Å². The van der Waals surface area contributed by atoms with Crippen LogP contribution in [-0.2, 0) is 14.3 Å². The molecule has 1 amide bonds. The van der Waals surface area contributed by atoms with Crippen LogP contribution in [0.3, 0.4) is 0 Å². The fourth-order valence-electron chi connectivity index (χ4n) is 2.04. The van der Waals surface area contributed by atoms with Gasteiger partial charge >= 0.3 is 0 Å². The van der Waals surface area contributed by atoms with Gasteiger partial charge in [-0.25, -0.2) is 0 Å². The largest absolute Gasteiger partial charge is 0.394 e. The number of carbonyl (C=O) groups is 1. The Kier molecular flexibility index (Phi) is 7.59. The number of amides is 1. The van der Waals surface area contributed by atoms with E-state index in [1.807, 2.05) is 0 Å². The molecule has 7 N–H and O–H groups in total. The van der Waals surface area contributed by atoms with Gasteiger partial charge in [0.15, 0.2) is 6.29 Å². The first-order chi connectivity index (χ1) is 10.3. The predicted octanol–water partition coefficient (Wildman–Crippen LogP) is -4.34. The maximum absolute atomic E-state index is 11.0. The molecule has 0 radical (unpaired) electrons. The van der Waals surface area contributed by atoms with Crippen molar-refractivity contribution in [1.82, 2.24) is 5.32 Å². The number of aliphatic hydroxyl groups excluding tert-OH is 6. The second-order valence-corrected chi connectivity index (χ2v) is 5.09. The number of aliphatic hydroxyl groups is 6. The molecule has 1 aliphatic rings. The number of hydrogen-bond donors (Lipinski definition) is 7. The monoisotopic (exact) mass is 325 g/mol. The van der Waals surface area contributed by atoms with Crippen molar-refractivity contribution in [3.05, 3.63) is 0 Å². The Balaban J connectivity index is 2.64. The van der Waals surface area contributed by atoms with E-state index >= 15 is 0 Å². The topological polar surface area (TPSA) is 169 Å². The maximum Gasteiger partial charge on any atom is 0.217 e. The number of ether oxygens (including phenoxy) is 2. The van der Waals surface area contributed by atoms with Crippen molar-refractivity contribution in [3.63, 3.8) is 0 Å². The second kappa shape index (κ2) is 8.70. The third-order valence-electron chi connectivity index (χ3n) is 3.33. The highest BCUT2D eigenvalue weighted by Crippen LogP contribution is 2.22. The molecule has 1 fully saturated rings. The third-order valence-corrected chi connectivity index (χ3v) is 3.33. The number of carbonyl (C=O) groups excluding carboxylic acids is 1. The molecule has 0 spiro atoms. The molecule has 10 nitrogen and oxygen atoms in total. The first kappa shape index (κ1) is 19.2. The lowest BCUT2D eigenvalue weighted by Crippen LogP contribution is -2.60. The van der Waals surface area contributed by atoms with Gasteiger partial charge < -0.3 is 45.4 Å². The Morgan fingerprint density at radius 2 is 1.86 bits per heavy atom. The predicted molar refractivity (Wildman–Crippen MR) is 70.4 cm³/mol. The molecular formula is C12H23NO9. The van der Waals surface area contributed by atoms with Crippen molar-refractivity contribution in [1.29, 1.82) is 0 Å². The van der Waals surface area contributed by atoms with Crippen LogP contribution in [0.5, 0.6) is 0 Å². The van der Waals surface area contributed by atoms with E-state index in [-0.39, 0.29) is 6.61 Å². The summed E-state index contributed by atoms with van der Waals surface area (Å²) in [6.45, 7) is -0.336. The number of nitrogens with one attached hydrogen (secondary N) is 1. The van der Waals surface area contributed by atoms with Crippen LogP contribution in [0.2, 0.25) is 0 Å². The average molecular weight is 325 g/mol. The van der Waals surface area contributed by atoms with Crippen LogP contribution in [0, 0.1) is 0 Å². The van der Waals surface area contributed by atoms with Crippen molar-refractivity contribution in [2.45, 2.75) is 49.8 Å². The van der Waals surface area contributed by atoms with Crippen molar-refractivity contribution >= 4 is 5.91 Å². The van der Waals surface area contributed by atoms with E-state index in [4.69, 9.17) is 19.7 Å².